The number of hydrogen-bond donors (Lipinski definition) is 7. The smallest absolute Gasteiger partial charge is 0.243 e. The summed E-state index contributed by atoms with van der Waals surface area (Å²) in [5, 5.41) is 14.8. The highest BCUT2D eigenvalue weighted by atomic mass is 35.5. The second-order valence-corrected chi connectivity index (χ2v) is 15.1. The predicted molar refractivity (Wildman–Crippen MR) is 219 cm³/mol. The lowest BCUT2D eigenvalue weighted by Crippen LogP contribution is -2.56. The van der Waals surface area contributed by atoms with Crippen LogP contribution < -0.4 is 32.7 Å². The molecule has 11 nitrogen and oxygen atoms in total. The molecule has 3 atom stereocenters. The van der Waals surface area contributed by atoms with Crippen molar-refractivity contribution >= 4 is 52.0 Å². The number of unbranched alkanes of at least 4 members (excludes halogenated alkanes) is 2. The van der Waals surface area contributed by atoms with E-state index in [9.17, 15) is 14.4 Å². The van der Waals surface area contributed by atoms with E-state index < -0.39 is 24.0 Å². The SMILES string of the molecule is NCCCCC[C@@H]1NC(=O)[C@H](CCCN)NCc2cccnc2Sc2c(ccc(-c3ccccc3)c2Cl)CNC(=O)[C@H](Cc2c[nH]c3ccccc23)NC1=O. The van der Waals surface area contributed by atoms with Gasteiger partial charge in [0, 0.05) is 53.3 Å². The summed E-state index contributed by atoms with van der Waals surface area (Å²) in [5.41, 5.74) is 16.9. The topological polar surface area (TPSA) is 180 Å². The van der Waals surface area contributed by atoms with E-state index in [1.54, 1.807) is 6.20 Å². The highest BCUT2D eigenvalue weighted by molar-refractivity contribution is 7.99. The Kier molecular flexibility index (Phi) is 14.3. The number of pyridine rings is 1. The standard InChI is InChI=1S/C42H49ClN8O3S/c43-37-32(27-11-3-1-4-12-27)19-18-28-24-49-39(52)36(23-30-26-47-33-15-7-6-14-31(30)33)51-41(54)35(16-5-2-8-20-44)50-40(53)34(17-9-21-45)48-25-29-13-10-22-46-42(29)55-38(28)37/h1,3-4,6-7,10-15,18-19,22,26,34-36,47-48H,2,5,8-9,16-17,20-21,23-25,44-45H2,(H,49,52)(H,50,53)(H,51,54)/t34-,35-,36-/m0/s1. The predicted octanol–water partition coefficient (Wildman–Crippen LogP) is 5.59. The zero-order chi connectivity index (χ0) is 38.6. The van der Waals surface area contributed by atoms with E-state index in [0.717, 1.165) is 56.5 Å². The van der Waals surface area contributed by atoms with Crippen molar-refractivity contribution in [1.82, 2.24) is 31.2 Å². The van der Waals surface area contributed by atoms with Crippen LogP contribution in [0.15, 0.2) is 101 Å². The fourth-order valence-electron chi connectivity index (χ4n) is 6.83. The van der Waals surface area contributed by atoms with Crippen LogP contribution in [0.25, 0.3) is 22.0 Å². The summed E-state index contributed by atoms with van der Waals surface area (Å²) in [6.45, 7) is 1.43. The third-order valence-electron chi connectivity index (χ3n) is 9.88. The number of nitrogens with two attached hydrogens (primary N) is 2. The van der Waals surface area contributed by atoms with Gasteiger partial charge in [-0.25, -0.2) is 4.98 Å². The van der Waals surface area contributed by atoms with E-state index in [4.69, 9.17) is 28.1 Å². The van der Waals surface area contributed by atoms with Crippen molar-refractivity contribution in [3.63, 3.8) is 0 Å². The van der Waals surface area contributed by atoms with Crippen LogP contribution in [0.4, 0.5) is 0 Å². The molecule has 2 aromatic heterocycles. The third kappa shape index (κ3) is 10.3. The molecule has 0 spiro atoms. The van der Waals surface area contributed by atoms with E-state index >= 15 is 0 Å². The molecule has 3 amide bonds. The Balaban J connectivity index is 1.40. The van der Waals surface area contributed by atoms with Crippen molar-refractivity contribution < 1.29 is 14.4 Å². The average molecular weight is 781 g/mol. The first-order valence-electron chi connectivity index (χ1n) is 18.9. The van der Waals surface area contributed by atoms with Gasteiger partial charge in [0.05, 0.1) is 11.1 Å². The summed E-state index contributed by atoms with van der Waals surface area (Å²) in [5.74, 6) is -1.10. The molecular weight excluding hydrogens is 732 g/mol. The van der Waals surface area contributed by atoms with Crippen LogP contribution >= 0.6 is 23.4 Å². The first-order valence-corrected chi connectivity index (χ1v) is 20.1. The third-order valence-corrected chi connectivity index (χ3v) is 11.6. The Morgan fingerprint density at radius 2 is 1.47 bits per heavy atom. The van der Waals surface area contributed by atoms with Gasteiger partial charge in [-0.3, -0.25) is 14.4 Å². The van der Waals surface area contributed by atoms with Crippen LogP contribution in [0.5, 0.6) is 0 Å². The molecule has 13 heteroatoms. The molecule has 5 aromatic rings. The summed E-state index contributed by atoms with van der Waals surface area (Å²) in [6.07, 6.45) is 7.56. The van der Waals surface area contributed by atoms with Crippen LogP contribution in [0.3, 0.4) is 0 Å². The molecule has 0 radical (unpaired) electrons. The molecule has 3 aromatic carbocycles. The highest BCUT2D eigenvalue weighted by Crippen LogP contribution is 2.42. The number of H-pyrrole nitrogens is 1. The molecule has 55 heavy (non-hydrogen) atoms. The summed E-state index contributed by atoms with van der Waals surface area (Å²) >= 11 is 8.67. The lowest BCUT2D eigenvalue weighted by molar-refractivity contribution is -0.132. The van der Waals surface area contributed by atoms with Gasteiger partial charge in [0.25, 0.3) is 0 Å². The number of benzene rings is 3. The monoisotopic (exact) mass is 780 g/mol. The number of amides is 3. The van der Waals surface area contributed by atoms with Crippen LogP contribution in [-0.2, 0) is 33.9 Å². The zero-order valence-electron chi connectivity index (χ0n) is 30.8. The number of fused-ring (bicyclic) bond motifs is 3. The number of nitrogens with one attached hydrogen (secondary N) is 5. The molecule has 1 aliphatic heterocycles. The van der Waals surface area contributed by atoms with Gasteiger partial charge in [0.15, 0.2) is 0 Å². The molecular formula is C42H49ClN8O3S. The minimum Gasteiger partial charge on any atom is -0.361 e. The Morgan fingerprint density at radius 3 is 2.29 bits per heavy atom. The molecule has 0 saturated heterocycles. The molecule has 0 unspecified atom stereocenters. The maximum absolute atomic E-state index is 14.3. The normalized spacial score (nSPS) is 18.5. The molecule has 0 aliphatic carbocycles. The maximum Gasteiger partial charge on any atom is 0.243 e. The Bertz CT molecular complexity index is 2080. The Labute approximate surface area is 331 Å². The van der Waals surface area contributed by atoms with E-state index in [0.29, 0.717) is 55.4 Å². The molecule has 1 aliphatic rings. The number of halogens is 1. The second-order valence-electron chi connectivity index (χ2n) is 13.8. The van der Waals surface area contributed by atoms with Crippen molar-refractivity contribution in [3.8, 4) is 11.1 Å². The van der Waals surface area contributed by atoms with Crippen molar-refractivity contribution in [3.05, 3.63) is 113 Å². The van der Waals surface area contributed by atoms with Gasteiger partial charge < -0.3 is 37.7 Å². The lowest BCUT2D eigenvalue weighted by atomic mass is 10.0. The van der Waals surface area contributed by atoms with Crippen molar-refractivity contribution in [2.45, 2.75) is 86.1 Å². The van der Waals surface area contributed by atoms with Crippen molar-refractivity contribution in [2.24, 2.45) is 11.5 Å². The molecule has 0 fully saturated rings. The van der Waals surface area contributed by atoms with Gasteiger partial charge in [0.2, 0.25) is 17.7 Å². The van der Waals surface area contributed by atoms with Gasteiger partial charge in [-0.15, -0.1) is 0 Å². The van der Waals surface area contributed by atoms with Gasteiger partial charge in [-0.2, -0.15) is 0 Å². The van der Waals surface area contributed by atoms with E-state index in [2.05, 4.69) is 26.3 Å². The maximum atomic E-state index is 14.3. The van der Waals surface area contributed by atoms with E-state index in [-0.39, 0.29) is 24.8 Å². The molecule has 3 heterocycles. The quantitative estimate of drug-likeness (QED) is 0.0848. The molecule has 0 bridgehead atoms. The highest BCUT2D eigenvalue weighted by Gasteiger charge is 2.30. The first kappa shape index (κ1) is 40.0. The lowest BCUT2D eigenvalue weighted by Gasteiger charge is -2.25. The molecule has 9 N–H and O–H groups in total. The number of aromatic nitrogens is 2. The van der Waals surface area contributed by atoms with Crippen molar-refractivity contribution in [1.29, 1.82) is 0 Å². The number of nitrogens with zero attached hydrogens (tertiary/aromatic N) is 1. The van der Waals surface area contributed by atoms with Gasteiger partial charge in [0.1, 0.15) is 17.1 Å². The van der Waals surface area contributed by atoms with E-state index in [1.165, 1.54) is 11.8 Å². The number of para-hydroxylation sites is 1. The summed E-state index contributed by atoms with van der Waals surface area (Å²) in [7, 11) is 0. The number of rotatable bonds is 11. The van der Waals surface area contributed by atoms with Crippen molar-refractivity contribution in [2.75, 3.05) is 13.1 Å². The summed E-state index contributed by atoms with van der Waals surface area (Å²) in [6, 6.07) is 23.0. The minimum absolute atomic E-state index is 0.150. The molecule has 0 saturated carbocycles. The van der Waals surface area contributed by atoms with Gasteiger partial charge in [-0.05, 0) is 73.2 Å². The largest absolute Gasteiger partial charge is 0.361 e. The second kappa shape index (κ2) is 19.7. The van der Waals surface area contributed by atoms with Gasteiger partial charge in [-0.1, -0.05) is 103 Å². The number of carbonyl (C=O) groups excluding carboxylic acids is 3. The fraction of sp³-hybridized carbons (Fsp3) is 0.333. The van der Waals surface area contributed by atoms with Crippen LogP contribution in [0.1, 0.15) is 55.2 Å². The molecule has 288 valence electrons. The van der Waals surface area contributed by atoms with Crippen LogP contribution in [0.2, 0.25) is 5.02 Å². The summed E-state index contributed by atoms with van der Waals surface area (Å²) in [4.78, 5) is 51.3. The number of hydrogen-bond acceptors (Lipinski definition) is 8. The number of aromatic amines is 1. The first-order chi connectivity index (χ1) is 26.9. The Hall–Kier alpha value is -4.72. The minimum atomic E-state index is -0.949. The molecule has 6 rings (SSSR count). The Morgan fingerprint density at radius 1 is 0.727 bits per heavy atom. The summed E-state index contributed by atoms with van der Waals surface area (Å²) < 4.78 is 0. The number of carbonyl (C=O) groups is 3. The van der Waals surface area contributed by atoms with E-state index in [1.807, 2.05) is 85.1 Å². The fourth-order valence-corrected chi connectivity index (χ4v) is 8.29. The average Bonchev–Trinajstić information content (AvgIpc) is 3.61. The van der Waals surface area contributed by atoms with Crippen LogP contribution in [-0.4, -0.2) is 58.9 Å². The van der Waals surface area contributed by atoms with Crippen LogP contribution in [0, 0.1) is 0 Å². The zero-order valence-corrected chi connectivity index (χ0v) is 32.4. The van der Waals surface area contributed by atoms with Gasteiger partial charge >= 0.3 is 0 Å².